The molecule has 9 nitrogen and oxygen atoms in total. The number of amides is 1. The number of hydrogen-bond acceptors (Lipinski definition) is 7. The Labute approximate surface area is 114 Å². The summed E-state index contributed by atoms with van der Waals surface area (Å²) in [6.07, 6.45) is 4.22. The van der Waals surface area contributed by atoms with Gasteiger partial charge in [0.15, 0.2) is 0 Å². The second-order valence-corrected chi connectivity index (χ2v) is 3.74. The van der Waals surface area contributed by atoms with Gasteiger partial charge in [-0.1, -0.05) is 0 Å². The van der Waals surface area contributed by atoms with Gasteiger partial charge in [-0.2, -0.15) is 9.71 Å². The van der Waals surface area contributed by atoms with Crippen LogP contribution in [0, 0.1) is 0 Å². The number of rotatable bonds is 9. The summed E-state index contributed by atoms with van der Waals surface area (Å²) >= 11 is 0. The van der Waals surface area contributed by atoms with E-state index in [1.165, 1.54) is 17.3 Å². The Morgan fingerprint density at radius 1 is 1.40 bits per heavy atom. The van der Waals surface area contributed by atoms with Crippen LogP contribution in [0.2, 0.25) is 0 Å². The normalized spacial score (nSPS) is 10.7. The lowest BCUT2D eigenvalue weighted by atomic mass is 10.5. The van der Waals surface area contributed by atoms with Crippen molar-refractivity contribution in [3.05, 3.63) is 12.5 Å². The smallest absolute Gasteiger partial charge is 0.231 e. The molecule has 9 heteroatoms. The van der Waals surface area contributed by atoms with Crippen molar-refractivity contribution in [3.63, 3.8) is 0 Å². The quantitative estimate of drug-likeness (QED) is 0.387. The Morgan fingerprint density at radius 2 is 2.30 bits per heavy atom. The highest BCUT2D eigenvalue weighted by molar-refractivity contribution is 5.73. The molecule has 2 aromatic heterocycles. The molecule has 20 heavy (non-hydrogen) atoms. The van der Waals surface area contributed by atoms with Crippen molar-refractivity contribution in [2.24, 2.45) is 0 Å². The van der Waals surface area contributed by atoms with Crippen LogP contribution in [0.4, 0.5) is 5.95 Å². The number of ether oxygens (including phenoxy) is 2. The van der Waals surface area contributed by atoms with Crippen molar-refractivity contribution >= 4 is 23.5 Å². The molecule has 0 atom stereocenters. The van der Waals surface area contributed by atoms with Gasteiger partial charge in [0.25, 0.3) is 0 Å². The average Bonchev–Trinajstić information content (AvgIpc) is 2.86. The van der Waals surface area contributed by atoms with Gasteiger partial charge in [0.2, 0.25) is 18.0 Å². The molecule has 2 aromatic rings. The fourth-order valence-electron chi connectivity index (χ4n) is 1.47. The van der Waals surface area contributed by atoms with E-state index in [0.29, 0.717) is 37.2 Å². The summed E-state index contributed by atoms with van der Waals surface area (Å²) in [7, 11) is 1.57. The number of anilines is 1. The molecule has 108 valence electrons. The molecule has 0 unspecified atom stereocenters. The zero-order chi connectivity index (χ0) is 14.2. The maximum atomic E-state index is 10.4. The van der Waals surface area contributed by atoms with E-state index in [0.717, 1.165) is 0 Å². The minimum atomic E-state index is 0.196. The number of fused-ring (bicyclic) bond motifs is 1. The van der Waals surface area contributed by atoms with Crippen LogP contribution in [0.5, 0.6) is 0 Å². The van der Waals surface area contributed by atoms with Crippen LogP contribution in [-0.2, 0) is 14.3 Å². The van der Waals surface area contributed by atoms with Gasteiger partial charge in [-0.15, -0.1) is 0 Å². The van der Waals surface area contributed by atoms with Gasteiger partial charge >= 0.3 is 0 Å². The number of imidazole rings is 1. The largest absolute Gasteiger partial charge is 0.411 e. The third-order valence-electron chi connectivity index (χ3n) is 2.31. The van der Waals surface area contributed by atoms with Crippen LogP contribution in [0.1, 0.15) is 6.42 Å². The van der Waals surface area contributed by atoms with E-state index >= 15 is 0 Å². The van der Waals surface area contributed by atoms with Crippen LogP contribution in [0.15, 0.2) is 12.5 Å². The molecule has 0 aliphatic carbocycles. The fourth-order valence-corrected chi connectivity index (χ4v) is 1.47. The molecule has 2 heterocycles. The number of aromatic nitrogens is 4. The highest BCUT2D eigenvalue weighted by Gasteiger charge is 2.07. The molecule has 0 aliphatic rings. The Balaban J connectivity index is 1.92. The van der Waals surface area contributed by atoms with E-state index < -0.39 is 0 Å². The van der Waals surface area contributed by atoms with Gasteiger partial charge in [-0.25, -0.2) is 9.97 Å². The van der Waals surface area contributed by atoms with Crippen molar-refractivity contribution in [2.75, 3.05) is 32.4 Å². The van der Waals surface area contributed by atoms with Crippen LogP contribution >= 0.6 is 0 Å². The maximum Gasteiger partial charge on any atom is 0.231 e. The Hall–Kier alpha value is -2.26. The van der Waals surface area contributed by atoms with Gasteiger partial charge in [0.05, 0.1) is 12.8 Å². The Morgan fingerprint density at radius 3 is 3.10 bits per heavy atom. The van der Waals surface area contributed by atoms with Gasteiger partial charge in [-0.05, 0) is 0 Å². The van der Waals surface area contributed by atoms with Crippen molar-refractivity contribution < 1.29 is 19.1 Å². The first-order chi connectivity index (χ1) is 9.85. The fraction of sp³-hybridized carbons (Fsp3) is 0.455. The first-order valence-electron chi connectivity index (χ1n) is 5.95. The van der Waals surface area contributed by atoms with Crippen LogP contribution in [0.3, 0.4) is 0 Å². The number of nitrogens with zero attached hydrogens (tertiary/aromatic N) is 4. The summed E-state index contributed by atoms with van der Waals surface area (Å²) in [6.45, 7) is 1.24. The molecule has 1 N–H and O–H groups in total. The number of hydrogen-bond donors (Lipinski definition) is 1. The first-order valence-corrected chi connectivity index (χ1v) is 5.95. The van der Waals surface area contributed by atoms with E-state index in [1.54, 1.807) is 7.11 Å². The van der Waals surface area contributed by atoms with Crippen LogP contribution in [0.25, 0.3) is 11.2 Å². The third-order valence-corrected chi connectivity index (χ3v) is 2.31. The predicted octanol–water partition coefficient (Wildman–Crippen LogP) is -0.166. The summed E-state index contributed by atoms with van der Waals surface area (Å²) in [5.41, 5.74) is 1.07. The van der Waals surface area contributed by atoms with Crippen molar-refractivity contribution in [2.45, 2.75) is 6.42 Å². The molecule has 0 aromatic carbocycles. The molecule has 0 bridgehead atoms. The molecule has 0 saturated carbocycles. The predicted molar refractivity (Wildman–Crippen MR) is 68.9 cm³/mol. The van der Waals surface area contributed by atoms with E-state index in [-0.39, 0.29) is 12.7 Å². The summed E-state index contributed by atoms with van der Waals surface area (Å²) in [5.74, 6) is 0.196. The molecule has 0 radical (unpaired) electrons. The lowest BCUT2D eigenvalue weighted by Gasteiger charge is -2.07. The van der Waals surface area contributed by atoms with E-state index in [2.05, 4.69) is 20.3 Å². The molecular weight excluding hydrogens is 266 g/mol. The zero-order valence-electron chi connectivity index (χ0n) is 11.0. The first kappa shape index (κ1) is 14.2. The summed E-state index contributed by atoms with van der Waals surface area (Å²) < 4.78 is 11.3. The molecule has 2 rings (SSSR count). The second kappa shape index (κ2) is 7.36. The number of methoxy groups -OCH3 is 1. The molecule has 0 fully saturated rings. The second-order valence-electron chi connectivity index (χ2n) is 3.74. The standard InChI is InChI=1S/C11H15N5O4/c1-18-8-19-3-2-4-20-16-6-13-9-5-12-11(14-7-17)15-10(9)16/h5-7H,2-4,8H2,1H3,(H,12,14,15,17). The van der Waals surface area contributed by atoms with E-state index in [1.807, 2.05) is 0 Å². The highest BCUT2D eigenvalue weighted by atomic mass is 16.7. The van der Waals surface area contributed by atoms with Crippen LogP contribution < -0.4 is 10.2 Å². The average molecular weight is 281 g/mol. The van der Waals surface area contributed by atoms with Crippen molar-refractivity contribution in [1.82, 2.24) is 19.7 Å². The summed E-state index contributed by atoms with van der Waals surface area (Å²) in [5, 5.41) is 2.37. The van der Waals surface area contributed by atoms with E-state index in [4.69, 9.17) is 14.3 Å². The highest BCUT2D eigenvalue weighted by Crippen LogP contribution is 2.09. The number of carbonyl (C=O) groups is 1. The summed E-state index contributed by atoms with van der Waals surface area (Å²) in [4.78, 5) is 28.0. The minimum absolute atomic E-state index is 0.196. The summed E-state index contributed by atoms with van der Waals surface area (Å²) in [6, 6.07) is 0. The maximum absolute atomic E-state index is 10.4. The number of nitrogens with one attached hydrogen (secondary N) is 1. The van der Waals surface area contributed by atoms with E-state index in [9.17, 15) is 4.79 Å². The molecule has 1 amide bonds. The lowest BCUT2D eigenvalue weighted by molar-refractivity contribution is -0.105. The Bertz CT molecular complexity index is 559. The zero-order valence-corrected chi connectivity index (χ0v) is 11.0. The van der Waals surface area contributed by atoms with Gasteiger partial charge in [0.1, 0.15) is 25.2 Å². The lowest BCUT2D eigenvalue weighted by Crippen LogP contribution is -2.14. The monoisotopic (exact) mass is 281 g/mol. The third kappa shape index (κ3) is 3.62. The van der Waals surface area contributed by atoms with Crippen LogP contribution in [-0.4, -0.2) is 53.2 Å². The van der Waals surface area contributed by atoms with Crippen molar-refractivity contribution in [1.29, 1.82) is 0 Å². The van der Waals surface area contributed by atoms with Gasteiger partial charge < -0.3 is 14.3 Å². The SMILES string of the molecule is COCOCCCOn1cnc2cnc(NC=O)nc21. The van der Waals surface area contributed by atoms with Gasteiger partial charge in [0, 0.05) is 13.5 Å². The molecule has 0 saturated heterocycles. The van der Waals surface area contributed by atoms with Crippen molar-refractivity contribution in [3.8, 4) is 0 Å². The minimum Gasteiger partial charge on any atom is -0.411 e. The topological polar surface area (TPSA) is 100 Å². The Kier molecular flexibility index (Phi) is 5.21. The number of carbonyl (C=O) groups excluding carboxylic acids is 1. The van der Waals surface area contributed by atoms with Gasteiger partial charge in [-0.3, -0.25) is 10.1 Å². The molecule has 0 aliphatic heterocycles. The molecular formula is C11H15N5O4. The molecule has 0 spiro atoms.